The molecule has 1 aromatic heterocycles. The van der Waals surface area contributed by atoms with Crippen LogP contribution in [0.1, 0.15) is 5.56 Å². The Balaban J connectivity index is 1.50. The molecule has 0 atom stereocenters. The number of nitrogens with zero attached hydrogens (tertiary/aromatic N) is 4. The second kappa shape index (κ2) is 8.40. The number of hydrogen-bond donors (Lipinski definition) is 1. The summed E-state index contributed by atoms with van der Waals surface area (Å²) in [4.78, 5) is 15.9. The van der Waals surface area contributed by atoms with Gasteiger partial charge in [0.2, 0.25) is 0 Å². The van der Waals surface area contributed by atoms with E-state index in [9.17, 15) is 18.0 Å². The number of piperazine rings is 1. The Kier molecular flexibility index (Phi) is 6.14. The van der Waals surface area contributed by atoms with Crippen LogP contribution in [0.4, 0.5) is 24.5 Å². The van der Waals surface area contributed by atoms with Gasteiger partial charge in [0.1, 0.15) is 5.02 Å². The van der Waals surface area contributed by atoms with Crippen molar-refractivity contribution in [1.29, 1.82) is 0 Å². The molecular weight excluding hydrogens is 395 g/mol. The number of hydrogen-bond acceptors (Lipinski definition) is 5. The zero-order valence-corrected chi connectivity index (χ0v) is 16.1. The summed E-state index contributed by atoms with van der Waals surface area (Å²) in [5, 5.41) is 7.14. The maximum absolute atomic E-state index is 12.9. The Labute approximate surface area is 165 Å². The van der Waals surface area contributed by atoms with Crippen LogP contribution in [0.25, 0.3) is 0 Å². The zero-order valence-electron chi connectivity index (χ0n) is 15.3. The van der Waals surface area contributed by atoms with Crippen LogP contribution in [0.5, 0.6) is 0 Å². The van der Waals surface area contributed by atoms with Crippen LogP contribution in [-0.4, -0.2) is 53.9 Å². The van der Waals surface area contributed by atoms with Gasteiger partial charge in [-0.25, -0.2) is 4.68 Å². The molecule has 0 radical (unpaired) electrons. The fourth-order valence-corrected chi connectivity index (χ4v) is 3.33. The van der Waals surface area contributed by atoms with Gasteiger partial charge in [0.25, 0.3) is 5.56 Å². The van der Waals surface area contributed by atoms with Crippen LogP contribution >= 0.6 is 11.6 Å². The standard InChI is InChI=1S/C18H21ClF3N5O/c1-25-17(28)16(19)15(12-24-25)23-5-6-26-7-9-27(10-8-26)14-4-2-3-13(11-14)18(20,21)22/h2-4,11-12,23H,5-10H2,1H3. The molecule has 0 amide bonds. The van der Waals surface area contributed by atoms with Crippen molar-refractivity contribution in [1.82, 2.24) is 14.7 Å². The molecule has 1 aliphatic heterocycles. The summed E-state index contributed by atoms with van der Waals surface area (Å²) in [6.07, 6.45) is -2.83. The molecule has 6 nitrogen and oxygen atoms in total. The van der Waals surface area contributed by atoms with Crippen molar-refractivity contribution in [3.63, 3.8) is 0 Å². The maximum Gasteiger partial charge on any atom is 0.416 e. The van der Waals surface area contributed by atoms with Crippen molar-refractivity contribution in [3.8, 4) is 0 Å². The Bertz CT molecular complexity index is 878. The molecule has 28 heavy (non-hydrogen) atoms. The summed E-state index contributed by atoms with van der Waals surface area (Å²) in [5.74, 6) is 0. The van der Waals surface area contributed by atoms with Crippen molar-refractivity contribution in [2.45, 2.75) is 6.18 Å². The molecule has 0 aliphatic carbocycles. The second-order valence-electron chi connectivity index (χ2n) is 6.60. The third-order valence-corrected chi connectivity index (χ3v) is 5.10. The maximum atomic E-state index is 12.9. The molecule has 2 heterocycles. The van der Waals surface area contributed by atoms with E-state index in [-0.39, 0.29) is 10.6 Å². The molecule has 0 spiro atoms. The number of aromatic nitrogens is 2. The van der Waals surface area contributed by atoms with Crippen molar-refractivity contribution in [2.24, 2.45) is 7.05 Å². The molecule has 1 aromatic carbocycles. The predicted octanol–water partition coefficient (Wildman–Crippen LogP) is 2.69. The highest BCUT2D eigenvalue weighted by Crippen LogP contribution is 2.31. The Morgan fingerprint density at radius 3 is 2.61 bits per heavy atom. The lowest BCUT2D eigenvalue weighted by molar-refractivity contribution is -0.137. The van der Waals surface area contributed by atoms with E-state index in [1.54, 1.807) is 6.07 Å². The van der Waals surface area contributed by atoms with Gasteiger partial charge in [-0.15, -0.1) is 0 Å². The lowest BCUT2D eigenvalue weighted by Gasteiger charge is -2.36. The Hall–Kier alpha value is -2.26. The van der Waals surface area contributed by atoms with Crippen LogP contribution < -0.4 is 15.8 Å². The van der Waals surface area contributed by atoms with Crippen LogP contribution in [0.15, 0.2) is 35.3 Å². The minimum atomic E-state index is -4.34. The zero-order chi connectivity index (χ0) is 20.3. The predicted molar refractivity (Wildman–Crippen MR) is 103 cm³/mol. The lowest BCUT2D eigenvalue weighted by atomic mass is 10.1. The number of anilines is 2. The number of benzene rings is 1. The molecule has 1 aliphatic rings. The molecule has 1 saturated heterocycles. The van der Waals surface area contributed by atoms with E-state index in [1.807, 2.05) is 4.90 Å². The van der Waals surface area contributed by atoms with E-state index in [4.69, 9.17) is 11.6 Å². The molecule has 0 unspecified atom stereocenters. The molecule has 0 saturated carbocycles. The average Bonchev–Trinajstić information content (AvgIpc) is 2.68. The fraction of sp³-hybridized carbons (Fsp3) is 0.444. The summed E-state index contributed by atoms with van der Waals surface area (Å²) in [6, 6.07) is 5.43. The molecule has 2 aromatic rings. The second-order valence-corrected chi connectivity index (χ2v) is 6.98. The monoisotopic (exact) mass is 415 g/mol. The average molecular weight is 416 g/mol. The third-order valence-electron chi connectivity index (χ3n) is 4.73. The highest BCUT2D eigenvalue weighted by molar-refractivity contribution is 6.32. The van der Waals surface area contributed by atoms with Gasteiger partial charge in [-0.1, -0.05) is 17.7 Å². The van der Waals surface area contributed by atoms with E-state index in [0.29, 0.717) is 31.0 Å². The van der Waals surface area contributed by atoms with Crippen LogP contribution in [0.2, 0.25) is 5.02 Å². The topological polar surface area (TPSA) is 53.4 Å². The van der Waals surface area contributed by atoms with E-state index < -0.39 is 11.7 Å². The van der Waals surface area contributed by atoms with Gasteiger partial charge >= 0.3 is 6.18 Å². The van der Waals surface area contributed by atoms with Crippen LogP contribution in [0.3, 0.4) is 0 Å². The van der Waals surface area contributed by atoms with Gasteiger partial charge in [0.05, 0.1) is 17.4 Å². The van der Waals surface area contributed by atoms with E-state index in [0.717, 1.165) is 25.7 Å². The van der Waals surface area contributed by atoms with E-state index >= 15 is 0 Å². The number of nitrogens with one attached hydrogen (secondary N) is 1. The van der Waals surface area contributed by atoms with Gasteiger partial charge < -0.3 is 10.2 Å². The van der Waals surface area contributed by atoms with Gasteiger partial charge in [-0.2, -0.15) is 18.3 Å². The molecule has 10 heteroatoms. The van der Waals surface area contributed by atoms with Crippen molar-refractivity contribution in [2.75, 3.05) is 49.5 Å². The van der Waals surface area contributed by atoms with E-state index in [1.165, 1.54) is 30.1 Å². The SMILES string of the molecule is Cn1ncc(NCCN2CCN(c3cccc(C(F)(F)F)c3)CC2)c(Cl)c1=O. The first kappa shape index (κ1) is 20.5. The Morgan fingerprint density at radius 1 is 1.21 bits per heavy atom. The van der Waals surface area contributed by atoms with Gasteiger partial charge in [-0.3, -0.25) is 9.69 Å². The largest absolute Gasteiger partial charge is 0.416 e. The van der Waals surface area contributed by atoms with Crippen molar-refractivity contribution >= 4 is 23.0 Å². The molecular formula is C18H21ClF3N5O. The number of rotatable bonds is 5. The van der Waals surface area contributed by atoms with Crippen molar-refractivity contribution in [3.05, 3.63) is 51.4 Å². The highest BCUT2D eigenvalue weighted by Gasteiger charge is 2.31. The summed E-state index contributed by atoms with van der Waals surface area (Å²) < 4.78 is 39.8. The molecule has 3 rings (SSSR count). The summed E-state index contributed by atoms with van der Waals surface area (Å²) in [5.41, 5.74) is 0.0930. The van der Waals surface area contributed by atoms with Crippen molar-refractivity contribution < 1.29 is 13.2 Å². The number of halogens is 4. The lowest BCUT2D eigenvalue weighted by Crippen LogP contribution is -2.47. The van der Waals surface area contributed by atoms with Crippen LogP contribution in [0, 0.1) is 0 Å². The fourth-order valence-electron chi connectivity index (χ4n) is 3.09. The molecule has 1 fully saturated rings. The highest BCUT2D eigenvalue weighted by atomic mass is 35.5. The number of alkyl halides is 3. The quantitative estimate of drug-likeness (QED) is 0.813. The van der Waals surface area contributed by atoms with Gasteiger partial charge in [-0.05, 0) is 18.2 Å². The first-order valence-corrected chi connectivity index (χ1v) is 9.24. The smallest absolute Gasteiger partial charge is 0.381 e. The molecule has 0 bridgehead atoms. The summed E-state index contributed by atoms with van der Waals surface area (Å²) in [6.45, 7) is 4.08. The first-order chi connectivity index (χ1) is 13.3. The third kappa shape index (κ3) is 4.77. The summed E-state index contributed by atoms with van der Waals surface area (Å²) in [7, 11) is 1.53. The first-order valence-electron chi connectivity index (χ1n) is 8.86. The number of aryl methyl sites for hydroxylation is 1. The van der Waals surface area contributed by atoms with Gasteiger partial charge in [0.15, 0.2) is 0 Å². The molecule has 1 N–H and O–H groups in total. The normalized spacial score (nSPS) is 15.7. The van der Waals surface area contributed by atoms with Crippen LogP contribution in [-0.2, 0) is 13.2 Å². The minimum absolute atomic E-state index is 0.104. The van der Waals surface area contributed by atoms with E-state index in [2.05, 4.69) is 15.3 Å². The summed E-state index contributed by atoms with van der Waals surface area (Å²) >= 11 is 6.02. The Morgan fingerprint density at radius 2 is 1.93 bits per heavy atom. The van der Waals surface area contributed by atoms with Gasteiger partial charge in [0, 0.05) is 52.0 Å². The minimum Gasteiger partial charge on any atom is -0.381 e. The molecule has 152 valence electrons.